The zero-order valence-electron chi connectivity index (χ0n) is 13.0. The van der Waals surface area contributed by atoms with Gasteiger partial charge in [0.05, 0.1) is 13.3 Å². The number of ether oxygens (including phenoxy) is 1. The van der Waals surface area contributed by atoms with Crippen molar-refractivity contribution in [1.29, 1.82) is 0 Å². The van der Waals surface area contributed by atoms with Crippen molar-refractivity contribution in [3.63, 3.8) is 0 Å². The molecule has 0 aliphatic carbocycles. The number of hydrogen-bond donors (Lipinski definition) is 1. The molecule has 2 heterocycles. The molecular formula is C15H22N4O2. The van der Waals surface area contributed by atoms with Gasteiger partial charge in [0.15, 0.2) is 5.75 Å². The number of rotatable bonds is 6. The zero-order valence-corrected chi connectivity index (χ0v) is 13.0. The Labute approximate surface area is 124 Å². The first-order chi connectivity index (χ1) is 9.99. The predicted molar refractivity (Wildman–Crippen MR) is 81.4 cm³/mol. The average molecular weight is 290 g/mol. The highest BCUT2D eigenvalue weighted by atomic mass is 16.5. The van der Waals surface area contributed by atoms with E-state index in [0.717, 1.165) is 17.8 Å². The predicted octanol–water partition coefficient (Wildman–Crippen LogP) is 1.79. The molecule has 0 saturated heterocycles. The molecule has 2 rings (SSSR count). The van der Waals surface area contributed by atoms with Crippen LogP contribution in [0.2, 0.25) is 0 Å². The molecule has 2 aromatic heterocycles. The molecule has 0 saturated carbocycles. The number of nitrogens with zero attached hydrogens (tertiary/aromatic N) is 3. The molecule has 6 nitrogen and oxygen atoms in total. The van der Waals surface area contributed by atoms with Gasteiger partial charge < -0.3 is 9.72 Å². The summed E-state index contributed by atoms with van der Waals surface area (Å²) in [7, 11) is 3.50. The van der Waals surface area contributed by atoms with E-state index in [9.17, 15) is 4.79 Å². The molecule has 114 valence electrons. The smallest absolute Gasteiger partial charge is 0.223 e. The topological polar surface area (TPSA) is 63.1 Å². The van der Waals surface area contributed by atoms with Crippen LogP contribution in [0.5, 0.6) is 5.75 Å². The number of nitrogens with one attached hydrogen (secondary N) is 1. The number of methoxy groups -OCH3 is 1. The van der Waals surface area contributed by atoms with Crippen LogP contribution in [0.1, 0.15) is 31.1 Å². The van der Waals surface area contributed by atoms with E-state index in [4.69, 9.17) is 4.74 Å². The summed E-state index contributed by atoms with van der Waals surface area (Å²) in [5.41, 5.74) is 1.91. The Morgan fingerprint density at radius 2 is 2.19 bits per heavy atom. The summed E-state index contributed by atoms with van der Waals surface area (Å²) in [6, 6.07) is 1.94. The lowest BCUT2D eigenvalue weighted by Gasteiger charge is -2.15. The Balaban J connectivity index is 1.99. The maximum absolute atomic E-state index is 11.7. The van der Waals surface area contributed by atoms with Crippen LogP contribution in [0.15, 0.2) is 29.5 Å². The lowest BCUT2D eigenvalue weighted by molar-refractivity contribution is 0.314. The third-order valence-corrected chi connectivity index (χ3v) is 3.23. The third-order valence-electron chi connectivity index (χ3n) is 3.23. The molecule has 0 amide bonds. The first-order valence-corrected chi connectivity index (χ1v) is 6.96. The van der Waals surface area contributed by atoms with E-state index in [2.05, 4.69) is 35.0 Å². The summed E-state index contributed by atoms with van der Waals surface area (Å²) >= 11 is 0. The number of aromatic nitrogens is 3. The number of H-pyrrole nitrogens is 1. The highest BCUT2D eigenvalue weighted by Gasteiger charge is 2.07. The fraction of sp³-hybridized carbons (Fsp3) is 0.467. The van der Waals surface area contributed by atoms with Crippen LogP contribution < -0.4 is 10.2 Å². The number of aromatic amines is 1. The summed E-state index contributed by atoms with van der Waals surface area (Å²) in [6.45, 7) is 5.64. The number of pyridine rings is 1. The SMILES string of the molecule is COc1c[nH]c(CN(C)Cc2cnn(C(C)C)c2)cc1=O. The highest BCUT2D eigenvalue weighted by molar-refractivity contribution is 5.20. The molecule has 0 fully saturated rings. The van der Waals surface area contributed by atoms with Crippen molar-refractivity contribution < 1.29 is 4.74 Å². The summed E-state index contributed by atoms with van der Waals surface area (Å²) in [5.74, 6) is 0.333. The average Bonchev–Trinajstić information content (AvgIpc) is 2.87. The second-order valence-electron chi connectivity index (χ2n) is 5.49. The fourth-order valence-electron chi connectivity index (χ4n) is 2.15. The largest absolute Gasteiger partial charge is 0.491 e. The normalized spacial score (nSPS) is 11.3. The minimum atomic E-state index is -0.104. The summed E-state index contributed by atoms with van der Waals surface area (Å²) < 4.78 is 6.90. The van der Waals surface area contributed by atoms with Crippen LogP contribution in [0, 0.1) is 0 Å². The van der Waals surface area contributed by atoms with Gasteiger partial charge in [-0.1, -0.05) is 0 Å². The van der Waals surface area contributed by atoms with Crippen molar-refractivity contribution >= 4 is 0 Å². The van der Waals surface area contributed by atoms with Gasteiger partial charge in [0, 0.05) is 48.8 Å². The van der Waals surface area contributed by atoms with Crippen LogP contribution in [-0.2, 0) is 13.1 Å². The lowest BCUT2D eigenvalue weighted by atomic mass is 10.3. The zero-order chi connectivity index (χ0) is 15.4. The fourth-order valence-corrected chi connectivity index (χ4v) is 2.15. The maximum atomic E-state index is 11.7. The van der Waals surface area contributed by atoms with E-state index in [1.54, 1.807) is 12.3 Å². The van der Waals surface area contributed by atoms with E-state index in [1.165, 1.54) is 7.11 Å². The quantitative estimate of drug-likeness (QED) is 0.881. The minimum absolute atomic E-state index is 0.104. The standard InChI is InChI=1S/C15H22N4O2/c1-11(2)19-9-12(6-17-19)8-18(3)10-13-5-14(20)15(21-4)7-16-13/h5-7,9,11H,8,10H2,1-4H3,(H,16,20). The van der Waals surface area contributed by atoms with Gasteiger partial charge in [0.2, 0.25) is 5.43 Å². The molecule has 0 aliphatic rings. The Hall–Kier alpha value is -2.08. The van der Waals surface area contributed by atoms with Crippen molar-refractivity contribution in [2.45, 2.75) is 33.0 Å². The molecule has 0 spiro atoms. The third kappa shape index (κ3) is 3.95. The van der Waals surface area contributed by atoms with Gasteiger partial charge in [-0.2, -0.15) is 5.10 Å². The molecule has 0 bridgehead atoms. The molecule has 0 unspecified atom stereocenters. The molecule has 0 radical (unpaired) electrons. The molecule has 1 N–H and O–H groups in total. The molecule has 2 aromatic rings. The van der Waals surface area contributed by atoms with Gasteiger partial charge in [-0.25, -0.2) is 0 Å². The Bertz CT molecular complexity index is 645. The lowest BCUT2D eigenvalue weighted by Crippen LogP contribution is -2.19. The maximum Gasteiger partial charge on any atom is 0.223 e. The van der Waals surface area contributed by atoms with Crippen LogP contribution >= 0.6 is 0 Å². The first-order valence-electron chi connectivity index (χ1n) is 6.96. The second-order valence-corrected chi connectivity index (χ2v) is 5.49. The van der Waals surface area contributed by atoms with Crippen molar-refractivity contribution in [2.24, 2.45) is 0 Å². The monoisotopic (exact) mass is 290 g/mol. The van der Waals surface area contributed by atoms with Crippen molar-refractivity contribution in [3.05, 3.63) is 46.1 Å². The summed E-state index contributed by atoms with van der Waals surface area (Å²) in [4.78, 5) is 16.9. The van der Waals surface area contributed by atoms with Crippen molar-refractivity contribution in [3.8, 4) is 5.75 Å². The van der Waals surface area contributed by atoms with Crippen LogP contribution in [0.3, 0.4) is 0 Å². The van der Waals surface area contributed by atoms with Crippen molar-refractivity contribution in [2.75, 3.05) is 14.2 Å². The van der Waals surface area contributed by atoms with E-state index < -0.39 is 0 Å². The van der Waals surface area contributed by atoms with E-state index in [0.29, 0.717) is 18.3 Å². The van der Waals surface area contributed by atoms with E-state index >= 15 is 0 Å². The van der Waals surface area contributed by atoms with Gasteiger partial charge in [-0.15, -0.1) is 0 Å². The molecule has 0 aromatic carbocycles. The van der Waals surface area contributed by atoms with Crippen LogP contribution in [-0.4, -0.2) is 33.8 Å². The van der Waals surface area contributed by atoms with Crippen LogP contribution in [0.25, 0.3) is 0 Å². The second kappa shape index (κ2) is 6.58. The van der Waals surface area contributed by atoms with Gasteiger partial charge in [0.1, 0.15) is 0 Å². The first kappa shape index (κ1) is 15.3. The Kier molecular flexibility index (Phi) is 4.80. The molecule has 6 heteroatoms. The van der Waals surface area contributed by atoms with Gasteiger partial charge in [-0.05, 0) is 20.9 Å². The van der Waals surface area contributed by atoms with Crippen molar-refractivity contribution in [1.82, 2.24) is 19.7 Å². The minimum Gasteiger partial charge on any atom is -0.491 e. The molecule has 0 atom stereocenters. The van der Waals surface area contributed by atoms with Gasteiger partial charge in [-0.3, -0.25) is 14.4 Å². The molecule has 0 aliphatic heterocycles. The number of hydrogen-bond acceptors (Lipinski definition) is 4. The van der Waals surface area contributed by atoms with Crippen LogP contribution in [0.4, 0.5) is 0 Å². The Morgan fingerprint density at radius 1 is 1.43 bits per heavy atom. The molecule has 21 heavy (non-hydrogen) atoms. The Morgan fingerprint density at radius 3 is 2.76 bits per heavy atom. The summed E-state index contributed by atoms with van der Waals surface area (Å²) in [5, 5.41) is 4.33. The molecular weight excluding hydrogens is 268 g/mol. The summed E-state index contributed by atoms with van der Waals surface area (Å²) in [6.07, 6.45) is 5.54. The van der Waals surface area contributed by atoms with E-state index in [-0.39, 0.29) is 5.43 Å². The highest BCUT2D eigenvalue weighted by Crippen LogP contribution is 2.09. The van der Waals surface area contributed by atoms with Gasteiger partial charge >= 0.3 is 0 Å². The van der Waals surface area contributed by atoms with E-state index in [1.807, 2.05) is 17.9 Å². The van der Waals surface area contributed by atoms with Gasteiger partial charge in [0.25, 0.3) is 0 Å².